The van der Waals surface area contributed by atoms with E-state index in [1.54, 1.807) is 32.0 Å². The molecule has 1 aromatic carbocycles. The van der Waals surface area contributed by atoms with E-state index in [4.69, 9.17) is 16.3 Å². The predicted molar refractivity (Wildman–Crippen MR) is 117 cm³/mol. The molecule has 0 saturated carbocycles. The van der Waals surface area contributed by atoms with Crippen molar-refractivity contribution in [1.82, 2.24) is 30.0 Å². The number of aryl methyl sites for hydroxylation is 1. The molecule has 11 nitrogen and oxygen atoms in total. The molecule has 2 amide bonds. The number of nitrogens with one attached hydrogen (secondary N) is 1. The van der Waals surface area contributed by atoms with Crippen LogP contribution in [-0.2, 0) is 14.3 Å². The van der Waals surface area contributed by atoms with E-state index >= 15 is 0 Å². The third-order valence-electron chi connectivity index (χ3n) is 4.68. The zero-order chi connectivity index (χ0) is 23.8. The molecule has 0 spiro atoms. The van der Waals surface area contributed by atoms with Gasteiger partial charge >= 0.3 is 17.7 Å². The van der Waals surface area contributed by atoms with Gasteiger partial charge in [-0.2, -0.15) is 4.68 Å². The minimum absolute atomic E-state index is 0.0288. The third-order valence-corrected chi connectivity index (χ3v) is 4.99. The first-order chi connectivity index (χ1) is 15.2. The molecule has 0 aliphatic heterocycles. The molecular formula is C20H27ClN6O5. The number of nitrogens with zero attached hydrogens (tertiary/aromatic N) is 5. The van der Waals surface area contributed by atoms with Crippen molar-refractivity contribution < 1.29 is 19.1 Å². The Morgan fingerprint density at radius 2 is 2.03 bits per heavy atom. The summed E-state index contributed by atoms with van der Waals surface area (Å²) in [5.41, 5.74) is 0.265. The molecule has 1 heterocycles. The lowest BCUT2D eigenvalue weighted by Crippen LogP contribution is -2.43. The standard InChI is InChI=1S/C20H27ClN6O5/c1-5-25(9-10-32-18(29)16(22-12-28)11-13(2)3)19(30)27-20(31)26(23-24-27)17-14(4)7-6-8-15(17)21/h6-8,12-13,16H,5,9-11H2,1-4H3,(H,22,28)/t16-/m0/s1. The first-order valence-electron chi connectivity index (χ1n) is 10.2. The molecular weight excluding hydrogens is 440 g/mol. The lowest BCUT2D eigenvalue weighted by molar-refractivity contribution is -0.147. The number of tetrazole rings is 1. The maximum atomic E-state index is 12.8. The number of aromatic nitrogens is 4. The fourth-order valence-electron chi connectivity index (χ4n) is 3.06. The van der Waals surface area contributed by atoms with Crippen LogP contribution in [0.4, 0.5) is 4.79 Å². The Morgan fingerprint density at radius 1 is 1.31 bits per heavy atom. The van der Waals surface area contributed by atoms with Crippen LogP contribution in [-0.4, -0.2) is 68.8 Å². The van der Waals surface area contributed by atoms with Gasteiger partial charge in [-0.1, -0.05) is 37.6 Å². The molecule has 0 aliphatic carbocycles. The molecule has 2 rings (SSSR count). The second kappa shape index (κ2) is 11.4. The average molecular weight is 467 g/mol. The number of hydrogen-bond donors (Lipinski definition) is 1. The van der Waals surface area contributed by atoms with Crippen LogP contribution in [0.2, 0.25) is 5.02 Å². The number of ether oxygens (including phenoxy) is 1. The largest absolute Gasteiger partial charge is 0.462 e. The molecule has 0 aliphatic rings. The third kappa shape index (κ3) is 5.94. The van der Waals surface area contributed by atoms with Crippen molar-refractivity contribution in [3.05, 3.63) is 39.3 Å². The number of hydrogen-bond acceptors (Lipinski definition) is 7. The highest BCUT2D eigenvalue weighted by molar-refractivity contribution is 6.32. The summed E-state index contributed by atoms with van der Waals surface area (Å²) in [6.07, 6.45) is 0.876. The van der Waals surface area contributed by atoms with Gasteiger partial charge in [-0.3, -0.25) is 4.79 Å². The minimum Gasteiger partial charge on any atom is -0.462 e. The van der Waals surface area contributed by atoms with Crippen molar-refractivity contribution in [3.8, 4) is 5.69 Å². The highest BCUT2D eigenvalue weighted by Gasteiger charge is 2.24. The normalized spacial score (nSPS) is 11.8. The SMILES string of the molecule is CCN(CCOC(=O)[C@H](CC(C)C)NC=O)C(=O)n1nnn(-c2c(C)cccc2Cl)c1=O. The first kappa shape index (κ1) is 25.1. The highest BCUT2D eigenvalue weighted by atomic mass is 35.5. The number of esters is 1. The van der Waals surface area contributed by atoms with Crippen molar-refractivity contribution in [2.24, 2.45) is 5.92 Å². The van der Waals surface area contributed by atoms with Crippen molar-refractivity contribution >= 4 is 30.0 Å². The number of amides is 2. The Morgan fingerprint density at radius 3 is 2.62 bits per heavy atom. The Kier molecular flexibility index (Phi) is 8.94. The van der Waals surface area contributed by atoms with Crippen molar-refractivity contribution in [2.45, 2.75) is 40.2 Å². The van der Waals surface area contributed by atoms with Gasteiger partial charge in [0.05, 0.1) is 17.3 Å². The molecule has 1 aromatic heterocycles. The van der Waals surface area contributed by atoms with Crippen LogP contribution in [0.1, 0.15) is 32.8 Å². The summed E-state index contributed by atoms with van der Waals surface area (Å²) in [5.74, 6) is -0.420. The number of halogens is 1. The Labute approximate surface area is 190 Å². The maximum Gasteiger partial charge on any atom is 0.377 e. The van der Waals surface area contributed by atoms with E-state index in [0.29, 0.717) is 33.8 Å². The molecule has 174 valence electrons. The van der Waals surface area contributed by atoms with Gasteiger partial charge in [0.15, 0.2) is 0 Å². The zero-order valence-electron chi connectivity index (χ0n) is 18.4. The monoisotopic (exact) mass is 466 g/mol. The molecule has 1 atom stereocenters. The first-order valence-corrected chi connectivity index (χ1v) is 10.5. The molecule has 0 fully saturated rings. The van der Waals surface area contributed by atoms with E-state index in [9.17, 15) is 19.2 Å². The molecule has 0 saturated heterocycles. The number of carbonyl (C=O) groups excluding carboxylic acids is 3. The van der Waals surface area contributed by atoms with Gasteiger partial charge in [0.2, 0.25) is 6.41 Å². The predicted octanol–water partition coefficient (Wildman–Crippen LogP) is 1.38. The van der Waals surface area contributed by atoms with E-state index in [2.05, 4.69) is 15.7 Å². The number of rotatable bonds is 10. The van der Waals surface area contributed by atoms with E-state index < -0.39 is 23.7 Å². The second-order valence-corrected chi connectivity index (χ2v) is 7.89. The minimum atomic E-state index is -0.770. The van der Waals surface area contributed by atoms with Gasteiger partial charge in [0.25, 0.3) is 0 Å². The van der Waals surface area contributed by atoms with Crippen molar-refractivity contribution in [1.29, 1.82) is 0 Å². The van der Waals surface area contributed by atoms with Gasteiger partial charge < -0.3 is 15.0 Å². The van der Waals surface area contributed by atoms with Gasteiger partial charge in [-0.05, 0) is 48.2 Å². The van der Waals surface area contributed by atoms with E-state index in [0.717, 1.165) is 4.68 Å². The number of benzene rings is 1. The quantitative estimate of drug-likeness (QED) is 0.318. The summed E-state index contributed by atoms with van der Waals surface area (Å²) in [4.78, 5) is 49.8. The molecule has 12 heteroatoms. The van der Waals surface area contributed by atoms with Gasteiger partial charge in [-0.25, -0.2) is 14.4 Å². The second-order valence-electron chi connectivity index (χ2n) is 7.49. The number of para-hydroxylation sites is 1. The van der Waals surface area contributed by atoms with Crippen molar-refractivity contribution in [3.63, 3.8) is 0 Å². The van der Waals surface area contributed by atoms with Crippen LogP contribution in [0.5, 0.6) is 0 Å². The summed E-state index contributed by atoms with van der Waals surface area (Å²) in [6, 6.07) is 3.62. The Hall–Kier alpha value is -3.21. The summed E-state index contributed by atoms with van der Waals surface area (Å²) in [7, 11) is 0. The van der Waals surface area contributed by atoms with E-state index in [1.165, 1.54) is 4.90 Å². The smallest absolute Gasteiger partial charge is 0.377 e. The molecule has 0 bridgehead atoms. The number of carbonyl (C=O) groups is 3. The van der Waals surface area contributed by atoms with Crippen LogP contribution in [0, 0.1) is 12.8 Å². The maximum absolute atomic E-state index is 12.8. The molecule has 0 radical (unpaired) electrons. The summed E-state index contributed by atoms with van der Waals surface area (Å²) in [5, 5.41) is 10.2. The topological polar surface area (TPSA) is 128 Å². The van der Waals surface area contributed by atoms with E-state index in [1.807, 2.05) is 13.8 Å². The van der Waals surface area contributed by atoms with Crippen LogP contribution in [0.3, 0.4) is 0 Å². The highest BCUT2D eigenvalue weighted by Crippen LogP contribution is 2.21. The van der Waals surface area contributed by atoms with E-state index in [-0.39, 0.29) is 25.6 Å². The summed E-state index contributed by atoms with van der Waals surface area (Å²) in [6.45, 7) is 7.46. The fourth-order valence-corrected chi connectivity index (χ4v) is 3.37. The van der Waals surface area contributed by atoms with Crippen LogP contribution in [0.15, 0.2) is 23.0 Å². The zero-order valence-corrected chi connectivity index (χ0v) is 19.2. The van der Waals surface area contributed by atoms with Gasteiger partial charge in [-0.15, -0.1) is 4.68 Å². The average Bonchev–Trinajstić information content (AvgIpc) is 3.11. The van der Waals surface area contributed by atoms with Crippen LogP contribution >= 0.6 is 11.6 Å². The van der Waals surface area contributed by atoms with Crippen LogP contribution < -0.4 is 11.0 Å². The van der Waals surface area contributed by atoms with Gasteiger partial charge in [0.1, 0.15) is 12.6 Å². The molecule has 2 aromatic rings. The molecule has 1 N–H and O–H groups in total. The lowest BCUT2D eigenvalue weighted by Gasteiger charge is -2.21. The summed E-state index contributed by atoms with van der Waals surface area (Å²) < 4.78 is 6.80. The van der Waals surface area contributed by atoms with Gasteiger partial charge in [0, 0.05) is 6.54 Å². The van der Waals surface area contributed by atoms with Crippen LogP contribution in [0.25, 0.3) is 5.69 Å². The summed E-state index contributed by atoms with van der Waals surface area (Å²) >= 11 is 6.18. The van der Waals surface area contributed by atoms with Crippen molar-refractivity contribution in [2.75, 3.05) is 19.7 Å². The lowest BCUT2D eigenvalue weighted by atomic mass is 10.0. The molecule has 0 unspecified atom stereocenters. The Balaban J connectivity index is 2.09. The Bertz CT molecular complexity index is 998. The molecule has 32 heavy (non-hydrogen) atoms. The number of likely N-dealkylation sites (N-methyl/N-ethyl adjacent to an activating group) is 1. The fraction of sp³-hybridized carbons (Fsp3) is 0.500.